The van der Waals surface area contributed by atoms with Crippen LogP contribution in [0.25, 0.3) is 95.2 Å². The lowest BCUT2D eigenvalue weighted by Gasteiger charge is -2.34. The van der Waals surface area contributed by atoms with Crippen molar-refractivity contribution in [2.24, 2.45) is 0 Å². The van der Waals surface area contributed by atoms with Gasteiger partial charge in [-0.2, -0.15) is 38.5 Å². The van der Waals surface area contributed by atoms with Crippen LogP contribution >= 0.6 is 68.8 Å². The van der Waals surface area contributed by atoms with Crippen molar-refractivity contribution >= 4 is 135 Å². The third-order valence-electron chi connectivity index (χ3n) is 30.1. The maximum Gasteiger partial charge on any atom is 0.194 e. The fourth-order valence-corrected chi connectivity index (χ4v) is 29.5. The quantitative estimate of drug-likeness (QED) is 0.0197. The molecule has 0 spiro atoms. The number of nitrogens with zero attached hydrogens (tertiary/aromatic N) is 8. The number of nitriles is 4. The molecule has 0 radical (unpaired) electrons. The van der Waals surface area contributed by atoms with E-state index in [-0.39, 0.29) is 33.9 Å². The predicted octanol–water partition coefficient (Wildman–Crippen LogP) is 36.5. The molecule has 4 aliphatic rings. The number of thiophene rings is 4. The summed E-state index contributed by atoms with van der Waals surface area (Å²) in [6, 6.07) is 72.0. The van der Waals surface area contributed by atoms with Crippen molar-refractivity contribution in [3.8, 4) is 87.7 Å². The SMILES string of the molecule is CCCCCCCCCCCCOc1ccc(C2(c3ccc(OCCCCCCCCCCCC)cc3)c3cc(-c4ccc(/C=C5\C(=O)c6ccccc6C5=C(C#N)C#N)c5nsnc45)sc3-c3sc4c5c(sc4c32)-c2sc(-c3ccc(/C=C4\C(=O)c6ccccc6C4=C(C#N)C#N)c4nsnc34)cc2C5(c2ccc(OCCCCCCCCCCCC)cc2)c2ccc(OCCCCCCCCCCCC)cc2)cc1. The number of ether oxygens (including phenoxy) is 4. The molecule has 14 aromatic rings. The minimum absolute atomic E-state index is 0.134. The second-order valence-electron chi connectivity index (χ2n) is 39.8. The molecule has 0 unspecified atom stereocenters. The molecule has 6 aromatic heterocycles. The van der Waals surface area contributed by atoms with Crippen molar-refractivity contribution in [1.29, 1.82) is 21.0 Å². The summed E-state index contributed by atoms with van der Waals surface area (Å²) in [5, 5.41) is 41.8. The van der Waals surface area contributed by atoms with Crippen LogP contribution in [0.4, 0.5) is 0 Å². The smallest absolute Gasteiger partial charge is 0.194 e. The molecule has 20 heteroatoms. The van der Waals surface area contributed by atoms with Gasteiger partial charge in [0.15, 0.2) is 11.6 Å². The van der Waals surface area contributed by atoms with E-state index in [0.29, 0.717) is 93.0 Å². The average Bonchev–Trinajstić information content (AvgIpc) is 1.48. The summed E-state index contributed by atoms with van der Waals surface area (Å²) in [5.41, 5.74) is 15.6. The second-order valence-corrected chi connectivity index (χ2v) is 45.0. The molecule has 0 saturated carbocycles. The zero-order valence-corrected chi connectivity index (χ0v) is 90.0. The monoisotopic (exact) mass is 2040 g/mol. The second kappa shape index (κ2) is 50.5. The molecule has 0 N–H and O–H groups in total. The van der Waals surface area contributed by atoms with Crippen molar-refractivity contribution in [1.82, 2.24) is 17.5 Å². The van der Waals surface area contributed by atoms with Crippen LogP contribution < -0.4 is 18.9 Å². The number of aromatic nitrogens is 4. The molecule has 14 nitrogen and oxygen atoms in total. The van der Waals surface area contributed by atoms with E-state index < -0.39 is 10.8 Å². The Balaban J connectivity index is 0.808. The molecule has 8 aromatic carbocycles. The van der Waals surface area contributed by atoms with Crippen LogP contribution in [0.3, 0.4) is 0 Å². The Kier molecular flexibility index (Phi) is 36.0. The highest BCUT2D eigenvalue weighted by Gasteiger charge is 2.56. The lowest BCUT2D eigenvalue weighted by Crippen LogP contribution is -2.28. The third-order valence-corrected chi connectivity index (χ3v) is 36.3. The summed E-state index contributed by atoms with van der Waals surface area (Å²) in [5.74, 6) is 2.75. The first-order valence-corrected chi connectivity index (χ1v) is 58.9. The summed E-state index contributed by atoms with van der Waals surface area (Å²) in [6.07, 6.45) is 52.9. The maximum atomic E-state index is 14.6. The number of carbonyl (C=O) groups excluding carboxylic acids is 2. The van der Waals surface area contributed by atoms with Gasteiger partial charge in [-0.15, -0.1) is 45.3 Å². The van der Waals surface area contributed by atoms with Gasteiger partial charge in [-0.3, -0.25) is 9.59 Å². The average molecular weight is 2050 g/mol. The Morgan fingerprint density at radius 1 is 0.295 bits per heavy atom. The Labute approximate surface area is 886 Å². The van der Waals surface area contributed by atoms with E-state index in [1.54, 1.807) is 59.1 Å². The molecule has 4 aliphatic carbocycles. The van der Waals surface area contributed by atoms with Crippen molar-refractivity contribution in [2.45, 2.75) is 295 Å². The summed E-state index contributed by atoms with van der Waals surface area (Å²) in [7, 11) is 0. The van der Waals surface area contributed by atoms with Gasteiger partial charge in [0, 0.05) is 76.6 Å². The molecule has 6 heterocycles. The molecule has 748 valence electrons. The number of carbonyl (C=O) groups is 2. The zero-order valence-electron chi connectivity index (χ0n) is 85.1. The molecule has 18 rings (SSSR count). The van der Waals surface area contributed by atoms with Crippen LogP contribution in [0.1, 0.15) is 372 Å². The summed E-state index contributed by atoms with van der Waals surface area (Å²) in [6.45, 7) is 11.6. The third kappa shape index (κ3) is 22.1. The maximum absolute atomic E-state index is 14.6. The van der Waals surface area contributed by atoms with Crippen LogP contribution in [0.2, 0.25) is 0 Å². The van der Waals surface area contributed by atoms with E-state index in [2.05, 4.69) is 173 Å². The van der Waals surface area contributed by atoms with Crippen molar-refractivity contribution < 1.29 is 28.5 Å². The van der Waals surface area contributed by atoms with Crippen LogP contribution in [0, 0.1) is 45.3 Å². The molecule has 0 saturated heterocycles. The lowest BCUT2D eigenvalue weighted by atomic mass is 9.67. The number of fused-ring (bicyclic) bond motifs is 13. The van der Waals surface area contributed by atoms with Gasteiger partial charge in [-0.25, -0.2) is 0 Å². The standard InChI is InChI=1S/C126H132N8O6S6/c1-5-9-13-17-21-25-29-33-37-45-73-137-93-63-55-89(56-64-93)125(90-57-65-94(66-58-90)138-74-46-38-34-30-26-22-18-14-10-6-2)105-79-107(101-71-53-85(113-115(101)133-145-131-113)77-103-109(87(81-127)82-128)97-49-41-43-51-99(97)117(103)135)141-119(105)121-111(125)123-124(143-121)112-122(144-123)120-106(80-108(142-120)102-72-54-86(114-116(102)134-146-132-114)78-104-110(88(83-129)84-130)98-50-42-44-52-100(98)118(104)136)126(112,91-59-67-95(68-60-91)139-75-47-39-35-31-27-23-19-15-11-7-3)92-61-69-96(70-62-92)140-76-48-40-36-32-28-24-20-16-12-8-4/h41-44,49-72,77-80H,5-40,45-48,73-76H2,1-4H3/b103-77-,104-78-. The van der Waals surface area contributed by atoms with E-state index in [4.69, 9.17) is 36.4 Å². The number of hydrogen-bond donors (Lipinski definition) is 0. The Bertz CT molecular complexity index is 6650. The highest BCUT2D eigenvalue weighted by atomic mass is 32.1. The number of benzene rings is 8. The predicted molar refractivity (Wildman–Crippen MR) is 606 cm³/mol. The van der Waals surface area contributed by atoms with Gasteiger partial charge in [0.2, 0.25) is 0 Å². The van der Waals surface area contributed by atoms with Crippen LogP contribution in [0.5, 0.6) is 23.0 Å². The highest BCUT2D eigenvalue weighted by molar-refractivity contribution is 7.35. The Hall–Kier alpha value is -12.1. The first-order valence-electron chi connectivity index (χ1n) is 54.2. The van der Waals surface area contributed by atoms with Gasteiger partial charge >= 0.3 is 0 Å². The minimum atomic E-state index is -0.982. The Morgan fingerprint density at radius 2 is 0.555 bits per heavy atom. The topological polar surface area (TPSA) is 218 Å². The van der Waals surface area contributed by atoms with Gasteiger partial charge in [0.1, 0.15) is 80.5 Å². The molecule has 146 heavy (non-hydrogen) atoms. The number of unbranched alkanes of at least 4 members (excludes halogenated alkanes) is 36. The molecule has 0 bridgehead atoms. The fraction of sp³-hybridized carbons (Fsp3) is 0.397. The van der Waals surface area contributed by atoms with Crippen LogP contribution in [-0.2, 0) is 10.8 Å². The molecular formula is C126H132N8O6S6. The molecule has 0 atom stereocenters. The zero-order chi connectivity index (χ0) is 101. The molecule has 0 fully saturated rings. The lowest BCUT2D eigenvalue weighted by molar-refractivity contribution is 0.103. The van der Waals surface area contributed by atoms with Gasteiger partial charge in [-0.1, -0.05) is 380 Å². The summed E-state index contributed by atoms with van der Waals surface area (Å²) >= 11 is 9.56. The van der Waals surface area contributed by atoms with E-state index in [1.165, 1.54) is 236 Å². The minimum Gasteiger partial charge on any atom is -0.494 e. The molecule has 0 amide bonds. The number of allylic oxidation sites excluding steroid dienone is 6. The number of ketones is 2. The van der Waals surface area contributed by atoms with Crippen LogP contribution in [-0.4, -0.2) is 55.5 Å². The van der Waals surface area contributed by atoms with Gasteiger partial charge < -0.3 is 18.9 Å². The van der Waals surface area contributed by atoms with Crippen molar-refractivity contribution in [3.05, 3.63) is 282 Å². The van der Waals surface area contributed by atoms with E-state index in [1.807, 2.05) is 59.1 Å². The van der Waals surface area contributed by atoms with E-state index in [0.717, 1.165) is 162 Å². The highest BCUT2D eigenvalue weighted by Crippen LogP contribution is 2.71. The number of Topliss-reactive ketones (excluding diaryl/α,β-unsaturated/α-hetero) is 2. The normalized spacial score (nSPS) is 14.0. The van der Waals surface area contributed by atoms with Crippen molar-refractivity contribution in [2.75, 3.05) is 26.4 Å². The van der Waals surface area contributed by atoms with Crippen molar-refractivity contribution in [3.63, 3.8) is 0 Å². The first kappa shape index (κ1) is 104. The van der Waals surface area contributed by atoms with Crippen LogP contribution in [0.15, 0.2) is 204 Å². The van der Waals surface area contributed by atoms with Gasteiger partial charge in [0.05, 0.1) is 89.6 Å². The summed E-state index contributed by atoms with van der Waals surface area (Å²) < 4.78 is 50.0. The fourth-order valence-electron chi connectivity index (χ4n) is 22.4. The van der Waals surface area contributed by atoms with Gasteiger partial charge in [-0.05, 0) is 143 Å². The number of rotatable bonds is 56. The Morgan fingerprint density at radius 3 is 0.829 bits per heavy atom. The number of hydrogen-bond acceptors (Lipinski definition) is 20. The van der Waals surface area contributed by atoms with Gasteiger partial charge in [0.25, 0.3) is 0 Å². The first-order chi connectivity index (χ1) is 72.0. The molecular weight excluding hydrogens is 1910 g/mol. The van der Waals surface area contributed by atoms with E-state index >= 15 is 0 Å². The molecule has 0 aliphatic heterocycles. The largest absolute Gasteiger partial charge is 0.494 e. The summed E-state index contributed by atoms with van der Waals surface area (Å²) in [4.78, 5) is 35.9. The van der Waals surface area contributed by atoms with E-state index in [9.17, 15) is 30.6 Å².